The number of anilines is 1. The van der Waals surface area contributed by atoms with Crippen molar-refractivity contribution in [1.29, 1.82) is 0 Å². The molecule has 1 aromatic rings. The molecule has 0 aromatic heterocycles. The number of nitrogens with one attached hydrogen (secondary N) is 4. The normalized spacial score (nSPS) is 25.1. The molecule has 88 heavy (non-hydrogen) atoms. The highest BCUT2D eigenvalue weighted by atomic mass is 16.6. The summed E-state index contributed by atoms with van der Waals surface area (Å²) in [4.78, 5) is 196. The van der Waals surface area contributed by atoms with Gasteiger partial charge >= 0.3 is 18.0 Å². The van der Waals surface area contributed by atoms with Crippen molar-refractivity contribution in [2.24, 2.45) is 23.7 Å². The van der Waals surface area contributed by atoms with Gasteiger partial charge in [-0.3, -0.25) is 52.8 Å². The van der Waals surface area contributed by atoms with Crippen LogP contribution in [0, 0.1) is 37.5 Å². The Bertz CT molecular complexity index is 3320. The zero-order valence-corrected chi connectivity index (χ0v) is 53.1. The van der Waals surface area contributed by atoms with Crippen molar-refractivity contribution in [2.75, 3.05) is 60.6 Å². The topological polar surface area (TPSA) is 360 Å². The third kappa shape index (κ3) is 14.1. The predicted molar refractivity (Wildman–Crippen MR) is 319 cm³/mol. The van der Waals surface area contributed by atoms with Gasteiger partial charge in [0.2, 0.25) is 46.8 Å². The number of aryl methyl sites for hydroxylation is 1. The Hall–Kier alpha value is -8.72. The van der Waals surface area contributed by atoms with Crippen molar-refractivity contribution in [2.45, 2.75) is 157 Å². The van der Waals surface area contributed by atoms with Gasteiger partial charge in [-0.05, 0) is 75.8 Å². The number of hydrogen-bond acceptors (Lipinski definition) is 18. The molecule has 480 valence electrons. The highest BCUT2D eigenvalue weighted by molar-refractivity contribution is 6.10. The molecular formula is C60H84N12O16. The molecule has 28 nitrogen and oxygen atoms in total. The van der Waals surface area contributed by atoms with Gasteiger partial charge in [0.15, 0.2) is 11.3 Å². The maximum absolute atomic E-state index is 15.0. The van der Waals surface area contributed by atoms with Crippen molar-refractivity contribution < 1.29 is 71.4 Å². The van der Waals surface area contributed by atoms with E-state index in [9.17, 15) is 52.7 Å². The second kappa shape index (κ2) is 27.5. The van der Waals surface area contributed by atoms with Crippen molar-refractivity contribution >= 4 is 87.9 Å². The molecule has 4 aliphatic heterocycles. The lowest BCUT2D eigenvalue weighted by molar-refractivity contribution is -0.163. The molecule has 9 atom stereocenters. The number of carbonyl (C=O) groups is 12. The van der Waals surface area contributed by atoms with E-state index in [-0.39, 0.29) is 46.6 Å². The number of fused-ring (bicyclic) bond motifs is 3. The van der Waals surface area contributed by atoms with Crippen molar-refractivity contribution in [3.8, 4) is 11.5 Å². The minimum Gasteiger partial charge on any atom is -0.461 e. The number of ether oxygens (including phenoxy) is 2. The average Bonchev–Trinajstić information content (AvgIpc) is 0.848. The summed E-state index contributed by atoms with van der Waals surface area (Å²) in [7, 11) is 6.62. The number of esters is 2. The molecular weight excluding hydrogens is 1140 g/mol. The number of nitrogens with two attached hydrogens (primary N) is 1. The summed E-state index contributed by atoms with van der Waals surface area (Å²) in [6.45, 7) is 18.1. The average molecular weight is 1230 g/mol. The fourth-order valence-corrected chi connectivity index (χ4v) is 11.3. The number of urea groups is 1. The number of imide groups is 1. The Morgan fingerprint density at radius 3 is 1.84 bits per heavy atom. The molecule has 6 rings (SSSR count). The van der Waals surface area contributed by atoms with Gasteiger partial charge < -0.3 is 65.4 Å². The summed E-state index contributed by atoms with van der Waals surface area (Å²) < 4.78 is 18.2. The molecule has 6 N–H and O–H groups in total. The number of likely N-dealkylation sites (N-methyl/N-ethyl adjacent to an activating group) is 5. The summed E-state index contributed by atoms with van der Waals surface area (Å²) in [5, 5.41) is 10.6. The van der Waals surface area contributed by atoms with E-state index in [1.807, 2.05) is 0 Å². The second-order valence-electron chi connectivity index (χ2n) is 24.6. The number of rotatable bonds is 8. The maximum Gasteiger partial charge on any atom is 0.329 e. The minimum atomic E-state index is -1.78. The first-order valence-electron chi connectivity index (χ1n) is 29.4. The quantitative estimate of drug-likeness (QED) is 0.120. The number of cyclic esters (lactones) is 2. The molecule has 0 bridgehead atoms. The lowest BCUT2D eigenvalue weighted by Crippen LogP contribution is -2.61. The van der Waals surface area contributed by atoms with Gasteiger partial charge in [-0.2, -0.15) is 0 Å². The van der Waals surface area contributed by atoms with Crippen LogP contribution < -0.4 is 32.4 Å². The SMILES string of the molecule is Cc1c2oc3c(C)ccc(C(=O)N[C@@H]4C(=O)N[C@H](C(C)C)C(=O)N5CCC[C@H]5C(=O)N(C)CC(=O)N(C)[C@@H](C(C)C)C(=O)OC4C)c3nc-2c(C(=O)NC2CC(C)OC(=O)[C@H](C(C)C)N(C)C(=O)N(C)C(=O)CN(C)C(=O)C(C(C)C)NC2=O)c(N)c1=O. The molecule has 4 heterocycles. The van der Waals surface area contributed by atoms with Crippen LogP contribution in [0.2, 0.25) is 0 Å². The van der Waals surface area contributed by atoms with Crippen LogP contribution in [0.1, 0.15) is 120 Å². The highest BCUT2D eigenvalue weighted by Gasteiger charge is 2.45. The summed E-state index contributed by atoms with van der Waals surface area (Å²) in [6.07, 6.45) is -2.44. The van der Waals surface area contributed by atoms with Gasteiger partial charge in [-0.15, -0.1) is 0 Å². The van der Waals surface area contributed by atoms with E-state index in [1.54, 1.807) is 62.3 Å². The fraction of sp³-hybridized carbons (Fsp3) is 0.600. The van der Waals surface area contributed by atoms with Gasteiger partial charge in [0.1, 0.15) is 65.7 Å². The maximum atomic E-state index is 15.0. The van der Waals surface area contributed by atoms with Gasteiger partial charge in [0, 0.05) is 53.8 Å². The molecule has 5 aliphatic rings. The molecule has 3 fully saturated rings. The van der Waals surface area contributed by atoms with Gasteiger partial charge in [0.05, 0.1) is 29.9 Å². The number of benzene rings is 2. The molecule has 1 aromatic carbocycles. The summed E-state index contributed by atoms with van der Waals surface area (Å²) in [5.74, 6) is -11.9. The lowest BCUT2D eigenvalue weighted by atomic mass is 9.98. The standard InChI is InChI=1S/C60H84N12O16/c1-26(2)41-56(81)68(14)25-38(74)70(16)60(85)71(17)47(29(7)8)58(83)86-31(10)23-35(52(77)64-41)62-53(78)39-40(61)48(75)32(11)50-45(39)63-44-34(21-20-30(9)49(44)88-50)51(76)66-43-33(12)87-59(84)46(28(5)6)69(15)37(73)24-67(13)55(80)36-19-18-22-72(36)57(82)42(27(3)4)65-54(43)79/h20-21,26-29,31,33,35-36,41-43,46-47H,18-19,22-25,61H2,1-17H3,(H,62,78)(H,64,77)(H,65,79)(H,66,76)/t31?,33?,35?,36-,41?,42+,43-,46-,47-/m0/s1. The predicted octanol–water partition coefficient (Wildman–Crippen LogP) is 1.18. The summed E-state index contributed by atoms with van der Waals surface area (Å²) >= 11 is 0. The van der Waals surface area contributed by atoms with E-state index in [4.69, 9.17) is 24.6 Å². The minimum absolute atomic E-state index is 0.0682. The van der Waals surface area contributed by atoms with Crippen molar-refractivity contribution in [3.05, 3.63) is 44.6 Å². The van der Waals surface area contributed by atoms with Crippen LogP contribution >= 0.6 is 0 Å². The molecule has 3 saturated heterocycles. The molecule has 0 saturated carbocycles. The molecule has 11 amide bonds. The number of hydrogen-bond donors (Lipinski definition) is 5. The zero-order valence-electron chi connectivity index (χ0n) is 53.1. The van der Waals surface area contributed by atoms with E-state index in [1.165, 1.54) is 77.9 Å². The molecule has 1 aliphatic carbocycles. The first-order chi connectivity index (χ1) is 41.0. The van der Waals surface area contributed by atoms with Gasteiger partial charge in [0.25, 0.3) is 11.8 Å². The summed E-state index contributed by atoms with van der Waals surface area (Å²) in [6, 6.07) is -7.56. The first-order valence-corrected chi connectivity index (χ1v) is 29.4. The van der Waals surface area contributed by atoms with Crippen molar-refractivity contribution in [3.63, 3.8) is 0 Å². The Labute approximate surface area is 510 Å². The lowest BCUT2D eigenvalue weighted by Gasteiger charge is -2.36. The number of nitrogens with zero attached hydrogens (tertiary/aromatic N) is 7. The van der Waals surface area contributed by atoms with E-state index < -0.39 is 185 Å². The van der Waals surface area contributed by atoms with Crippen LogP contribution in [0.3, 0.4) is 0 Å². The summed E-state index contributed by atoms with van der Waals surface area (Å²) in [5.41, 5.74) is 3.67. The molecule has 0 radical (unpaired) electrons. The highest BCUT2D eigenvalue weighted by Crippen LogP contribution is 2.35. The van der Waals surface area contributed by atoms with Crippen LogP contribution in [0.25, 0.3) is 22.6 Å². The van der Waals surface area contributed by atoms with Crippen LogP contribution in [-0.4, -0.2) is 215 Å². The Morgan fingerprint density at radius 1 is 0.682 bits per heavy atom. The smallest absolute Gasteiger partial charge is 0.329 e. The monoisotopic (exact) mass is 1230 g/mol. The number of nitrogen functional groups attached to an aromatic ring is 1. The first kappa shape index (κ1) is 68.4. The number of aromatic nitrogens is 1. The molecule has 0 spiro atoms. The van der Waals surface area contributed by atoms with E-state index in [2.05, 4.69) is 21.3 Å². The molecule has 28 heteroatoms. The Balaban J connectivity index is 1.46. The van der Waals surface area contributed by atoms with Gasteiger partial charge in [-0.1, -0.05) is 61.5 Å². The Morgan fingerprint density at radius 2 is 1.24 bits per heavy atom. The zero-order chi connectivity index (χ0) is 66.0. The third-order valence-corrected chi connectivity index (χ3v) is 16.4. The molecule has 4 unspecified atom stereocenters. The second-order valence-corrected chi connectivity index (χ2v) is 24.6. The van der Waals surface area contributed by atoms with Crippen LogP contribution in [-0.2, 0) is 52.6 Å². The number of amides is 11. The van der Waals surface area contributed by atoms with E-state index in [0.29, 0.717) is 12.0 Å². The fourth-order valence-electron chi connectivity index (χ4n) is 11.3. The van der Waals surface area contributed by atoms with Crippen LogP contribution in [0.4, 0.5) is 10.5 Å². The third-order valence-electron chi connectivity index (χ3n) is 16.4. The van der Waals surface area contributed by atoms with E-state index >= 15 is 9.59 Å². The van der Waals surface area contributed by atoms with Crippen molar-refractivity contribution in [1.82, 2.24) is 55.7 Å². The van der Waals surface area contributed by atoms with E-state index in [0.717, 1.165) is 19.6 Å². The largest absolute Gasteiger partial charge is 0.461 e. The van der Waals surface area contributed by atoms with Crippen LogP contribution in [0.5, 0.6) is 0 Å². The van der Waals surface area contributed by atoms with Gasteiger partial charge in [-0.25, -0.2) is 19.4 Å². The Kier molecular flexibility index (Phi) is 21.4. The number of carbonyl (C=O) groups excluding carboxylic acids is 12. The van der Waals surface area contributed by atoms with Crippen LogP contribution in [0.15, 0.2) is 21.3 Å².